The molecule has 0 saturated carbocycles. The van der Waals surface area contributed by atoms with E-state index in [1.807, 2.05) is 0 Å². The molecule has 310 valence electrons. The fourth-order valence-corrected chi connectivity index (χ4v) is 7.65. The smallest absolute Gasteiger partial charge is 0.368 e. The van der Waals surface area contributed by atoms with E-state index in [1.165, 1.54) is 6.07 Å². The molecule has 2 atom stereocenters. The molecule has 0 bridgehead atoms. The van der Waals surface area contributed by atoms with E-state index in [2.05, 4.69) is 78.9 Å². The highest BCUT2D eigenvalue weighted by Gasteiger charge is 2.66. The van der Waals surface area contributed by atoms with Gasteiger partial charge in [0.05, 0.1) is 0 Å². The largest absolute Gasteiger partial charge is 0.442 e. The Balaban J connectivity index is 0.00000435. The highest BCUT2D eigenvalue weighted by Crippen LogP contribution is 2.60. The molecule has 5 rings (SSSR count). The Labute approximate surface area is 340 Å². The van der Waals surface area contributed by atoms with E-state index in [4.69, 9.17) is 15.5 Å². The zero-order valence-corrected chi connectivity index (χ0v) is 33.8. The van der Waals surface area contributed by atoms with Crippen LogP contribution in [0.15, 0.2) is 88.5 Å². The monoisotopic (exact) mass is 1030 g/mol. The molecule has 0 spiro atoms. The number of amides is 3. The Kier molecular flexibility index (Phi) is 13.7. The van der Waals surface area contributed by atoms with Gasteiger partial charge in [-0.3, -0.25) is 18.9 Å². The van der Waals surface area contributed by atoms with Gasteiger partial charge in [0.15, 0.2) is 0 Å². The normalized spacial score (nSPS) is 16.4. The van der Waals surface area contributed by atoms with Gasteiger partial charge in [-0.1, -0.05) is 66.0 Å². The van der Waals surface area contributed by atoms with E-state index in [-0.39, 0.29) is 32.4 Å². The van der Waals surface area contributed by atoms with Gasteiger partial charge in [-0.2, -0.15) is 35.1 Å². The first-order valence-electron chi connectivity index (χ1n) is 15.0. The molecule has 0 saturated heterocycles. The summed E-state index contributed by atoms with van der Waals surface area (Å²) in [6.45, 7) is 0. The minimum atomic E-state index is -5.97. The number of nitrogens with two attached hydrogens (primary N) is 1. The van der Waals surface area contributed by atoms with Gasteiger partial charge in [-0.25, -0.2) is 0 Å². The molecule has 27 heteroatoms. The Morgan fingerprint density at radius 2 is 1.21 bits per heavy atom. The highest BCUT2D eigenvalue weighted by atomic mass is 79.9. The van der Waals surface area contributed by atoms with E-state index in [0.29, 0.717) is 6.07 Å². The average Bonchev–Trinajstić information content (AvgIpc) is 3.96. The molecular formula is C30H27Br3F8N9O6P. The van der Waals surface area contributed by atoms with Gasteiger partial charge >= 0.3 is 36.9 Å². The number of primary amides is 1. The first-order chi connectivity index (χ1) is 25.2. The molecule has 0 radical (unpaired) electrons. The van der Waals surface area contributed by atoms with Crippen molar-refractivity contribution in [2.24, 2.45) is 26.2 Å². The quantitative estimate of drug-likeness (QED) is 0.0666. The number of nitrogens with zero attached hydrogens (tertiary/aromatic N) is 4. The van der Waals surface area contributed by atoms with Crippen molar-refractivity contribution in [3.05, 3.63) is 101 Å². The molecule has 2 aliphatic heterocycles. The van der Waals surface area contributed by atoms with Crippen molar-refractivity contribution in [3.63, 3.8) is 0 Å². The van der Waals surface area contributed by atoms with Crippen LogP contribution in [0, 0.1) is 0 Å². The summed E-state index contributed by atoms with van der Waals surface area (Å²) < 4.78 is 122. The third-order valence-electron chi connectivity index (χ3n) is 8.20. The van der Waals surface area contributed by atoms with Gasteiger partial charge < -0.3 is 38.5 Å². The zero-order valence-electron chi connectivity index (χ0n) is 28.2. The second-order valence-electron chi connectivity index (χ2n) is 12.1. The van der Waals surface area contributed by atoms with Crippen LogP contribution in [0.25, 0.3) is 0 Å². The van der Waals surface area contributed by atoms with Gasteiger partial charge in [0.2, 0.25) is 11.8 Å². The molecule has 0 aliphatic carbocycles. The van der Waals surface area contributed by atoms with Gasteiger partial charge in [0.25, 0.3) is 5.91 Å². The van der Waals surface area contributed by atoms with Crippen LogP contribution in [0.3, 0.4) is 0 Å². The molecule has 12 N–H and O–H groups in total. The highest BCUT2D eigenvalue weighted by molar-refractivity contribution is 9.11. The molecule has 3 aromatic carbocycles. The fraction of sp³-hybridized carbons (Fsp3) is 0.300. The van der Waals surface area contributed by atoms with Gasteiger partial charge in [-0.05, 0) is 47.5 Å². The fourth-order valence-electron chi connectivity index (χ4n) is 5.28. The first kappa shape index (κ1) is 47.6. The molecule has 0 aromatic heterocycles. The lowest BCUT2D eigenvalue weighted by Crippen LogP contribution is -2.54. The minimum absolute atomic E-state index is 0. The number of benzene rings is 3. The number of carbonyl (C=O) groups is 3. The predicted molar refractivity (Wildman–Crippen MR) is 193 cm³/mol. The van der Waals surface area contributed by atoms with Crippen LogP contribution < -0.4 is 28.7 Å². The number of hydrogen-bond acceptors (Lipinski definition) is 10. The lowest BCUT2D eigenvalue weighted by molar-refractivity contribution is -0.166. The zero-order chi connectivity index (χ0) is 41.1. The van der Waals surface area contributed by atoms with Crippen LogP contribution in [0.1, 0.15) is 38.2 Å². The standard InChI is InChI=1S/C30H21Br3F8N7O6P.2H3N/c31-17-4-13(3-15(10-17)26(45-46-26)29(36,37)38)7-22(44-24(50)14-8-16(11-18(32)9-14)27(47-48-27)30(39,40)41)25(51)43-21(23(42)49)6-12-1-2-19(20(33)5-12)28(34,35)55(52,53)54;;/h1-5,8-11,21-22H,6-7H2,(H2,42,49)(H,43,51)(H,44,50)(H2,52,53,54);2*1H3/t21-,22-;;/m0../s1. The second kappa shape index (κ2) is 16.5. The summed E-state index contributed by atoms with van der Waals surface area (Å²) in [6, 6.07) is 5.46. The van der Waals surface area contributed by atoms with Gasteiger partial charge in [0.1, 0.15) is 12.1 Å². The lowest BCUT2D eigenvalue weighted by Gasteiger charge is -2.24. The van der Waals surface area contributed by atoms with E-state index >= 15 is 0 Å². The topological polar surface area (TPSA) is 278 Å². The van der Waals surface area contributed by atoms with Crippen molar-refractivity contribution in [2.45, 2.75) is 54.3 Å². The van der Waals surface area contributed by atoms with Crippen molar-refractivity contribution in [1.82, 2.24) is 22.9 Å². The summed E-state index contributed by atoms with van der Waals surface area (Å²) in [5.41, 5.74) is -7.50. The van der Waals surface area contributed by atoms with Crippen LogP contribution in [0.5, 0.6) is 0 Å². The summed E-state index contributed by atoms with van der Waals surface area (Å²) in [4.78, 5) is 58.1. The maximum absolute atomic E-state index is 14.4. The van der Waals surface area contributed by atoms with Crippen molar-refractivity contribution < 1.29 is 63.9 Å². The molecule has 57 heavy (non-hydrogen) atoms. The molecule has 0 fully saturated rings. The summed E-state index contributed by atoms with van der Waals surface area (Å²) in [5, 5.41) is 17.1. The summed E-state index contributed by atoms with van der Waals surface area (Å²) in [7, 11) is -5.97. The number of halogens is 11. The van der Waals surface area contributed by atoms with Crippen LogP contribution >= 0.6 is 55.4 Å². The van der Waals surface area contributed by atoms with Gasteiger partial charge in [-0.15, -0.1) is 20.5 Å². The van der Waals surface area contributed by atoms with Crippen molar-refractivity contribution in [2.75, 3.05) is 0 Å². The Hall–Kier alpha value is -3.78. The second-order valence-corrected chi connectivity index (χ2v) is 16.4. The summed E-state index contributed by atoms with van der Waals surface area (Å²) >= 11 is 8.92. The molecule has 2 heterocycles. The molecular weight excluding hydrogens is 1010 g/mol. The van der Waals surface area contributed by atoms with Gasteiger partial charge in [0, 0.05) is 48.5 Å². The predicted octanol–water partition coefficient (Wildman–Crippen LogP) is 7.44. The van der Waals surface area contributed by atoms with Crippen molar-refractivity contribution in [3.8, 4) is 0 Å². The number of nitrogens with one attached hydrogen (secondary N) is 2. The van der Waals surface area contributed by atoms with Crippen LogP contribution in [0.4, 0.5) is 35.1 Å². The minimum Gasteiger partial charge on any atom is -0.368 e. The molecule has 2 aliphatic rings. The molecule has 15 nitrogen and oxygen atoms in total. The third-order valence-corrected chi connectivity index (χ3v) is 10.7. The van der Waals surface area contributed by atoms with E-state index < -0.39 is 106 Å². The van der Waals surface area contributed by atoms with Crippen LogP contribution in [-0.4, -0.2) is 51.9 Å². The first-order valence-corrected chi connectivity index (χ1v) is 19.0. The summed E-state index contributed by atoms with van der Waals surface area (Å²) in [5.74, 6) is -3.53. The third kappa shape index (κ3) is 9.75. The molecule has 0 unspecified atom stereocenters. The van der Waals surface area contributed by atoms with E-state index in [0.717, 1.165) is 42.5 Å². The molecule has 3 amide bonds. The van der Waals surface area contributed by atoms with Crippen LogP contribution in [0.2, 0.25) is 0 Å². The van der Waals surface area contributed by atoms with Crippen molar-refractivity contribution in [1.29, 1.82) is 0 Å². The number of alkyl halides is 8. The Morgan fingerprint density at radius 1 is 0.719 bits per heavy atom. The SMILES string of the molecule is N.N.NC(=O)[C@H](Cc1ccc(C(F)(F)P(=O)(O)O)c(Br)c1)NC(=O)[C@H](Cc1cc(Br)cc(C2(C(F)(F)F)N=N2)c1)NC(=O)c1cc(Br)cc(C2(C(F)(F)F)N=N2)c1. The summed E-state index contributed by atoms with van der Waals surface area (Å²) in [6.07, 6.45) is -11.0. The maximum Gasteiger partial charge on any atom is 0.442 e. The number of carbonyl (C=O) groups excluding carboxylic acids is 3. The average molecular weight is 1030 g/mol. The molecule has 3 aromatic rings. The number of rotatable bonds is 13. The Morgan fingerprint density at radius 3 is 1.67 bits per heavy atom. The van der Waals surface area contributed by atoms with E-state index in [1.54, 1.807) is 0 Å². The number of hydrogen-bond donors (Lipinski definition) is 7. The lowest BCUT2D eigenvalue weighted by atomic mass is 9.96. The van der Waals surface area contributed by atoms with Crippen molar-refractivity contribution >= 4 is 73.1 Å². The maximum atomic E-state index is 14.4. The van der Waals surface area contributed by atoms with E-state index in [9.17, 15) is 54.1 Å². The van der Waals surface area contributed by atoms with Crippen LogP contribution in [-0.2, 0) is 44.0 Å². The Bertz CT molecular complexity index is 2200.